The van der Waals surface area contributed by atoms with Crippen LogP contribution in [-0.4, -0.2) is 47.2 Å². The van der Waals surface area contributed by atoms with E-state index in [-0.39, 0.29) is 44.3 Å². The van der Waals surface area contributed by atoms with E-state index in [0.717, 1.165) is 22.3 Å². The van der Waals surface area contributed by atoms with Crippen LogP contribution in [0.2, 0.25) is 0 Å². The summed E-state index contributed by atoms with van der Waals surface area (Å²) < 4.78 is 0. The molecule has 0 spiro atoms. The summed E-state index contributed by atoms with van der Waals surface area (Å²) >= 11 is 0. The Hall–Kier alpha value is -5.70. The summed E-state index contributed by atoms with van der Waals surface area (Å²) in [5.41, 5.74) is 8.92. The summed E-state index contributed by atoms with van der Waals surface area (Å²) in [6.45, 7) is 1.39. The van der Waals surface area contributed by atoms with E-state index < -0.39 is 53.2 Å². The van der Waals surface area contributed by atoms with Gasteiger partial charge in [0.1, 0.15) is 5.78 Å². The average Bonchev–Trinajstić information content (AvgIpc) is 3.12. The quantitative estimate of drug-likeness (QED) is 0.127. The Kier molecular flexibility index (Phi) is 13.9. The molecule has 9 nitrogen and oxygen atoms in total. The van der Waals surface area contributed by atoms with Gasteiger partial charge in [0.15, 0.2) is 5.78 Å². The second-order valence-electron chi connectivity index (χ2n) is 12.6. The predicted octanol–water partition coefficient (Wildman–Crippen LogP) is 4.15. The zero-order valence-corrected chi connectivity index (χ0v) is 28.1. The molecular formula is C41H43N3O6. The highest BCUT2D eigenvalue weighted by molar-refractivity contribution is 6.38. The fraction of sp³-hybridized carbons (Fsp3) is 0.268. The Balaban J connectivity index is 1.44. The summed E-state index contributed by atoms with van der Waals surface area (Å²) in [6.07, 6.45) is 0.459. The number of amides is 3. The van der Waals surface area contributed by atoms with E-state index in [4.69, 9.17) is 5.73 Å². The highest BCUT2D eigenvalue weighted by Crippen LogP contribution is 2.17. The number of nitrogens with two attached hydrogens (primary N) is 1. The third-order valence-electron chi connectivity index (χ3n) is 8.54. The number of primary amides is 1. The van der Waals surface area contributed by atoms with Crippen LogP contribution in [0.15, 0.2) is 121 Å². The topological polar surface area (TPSA) is 152 Å². The van der Waals surface area contributed by atoms with Gasteiger partial charge < -0.3 is 16.4 Å². The first kappa shape index (κ1) is 37.1. The van der Waals surface area contributed by atoms with E-state index in [1.54, 1.807) is 24.3 Å². The Bertz CT molecular complexity index is 1750. The van der Waals surface area contributed by atoms with Crippen molar-refractivity contribution in [2.75, 3.05) is 0 Å². The molecule has 0 aliphatic heterocycles. The number of ketones is 3. The van der Waals surface area contributed by atoms with Crippen LogP contribution in [0.25, 0.3) is 0 Å². The molecule has 4 N–H and O–H groups in total. The number of carbonyl (C=O) groups excluding carboxylic acids is 6. The number of carbonyl (C=O) groups is 6. The largest absolute Gasteiger partial charge is 0.369 e. The third-order valence-corrected chi connectivity index (χ3v) is 8.54. The van der Waals surface area contributed by atoms with E-state index in [9.17, 15) is 28.8 Å². The van der Waals surface area contributed by atoms with Gasteiger partial charge in [-0.1, -0.05) is 121 Å². The van der Waals surface area contributed by atoms with Crippen molar-refractivity contribution in [2.24, 2.45) is 17.6 Å². The molecule has 0 aromatic heterocycles. The molecule has 4 atom stereocenters. The van der Waals surface area contributed by atoms with Gasteiger partial charge in [-0.2, -0.15) is 0 Å². The third kappa shape index (κ3) is 11.8. The molecule has 50 heavy (non-hydrogen) atoms. The van der Waals surface area contributed by atoms with E-state index in [1.807, 2.05) is 97.1 Å². The smallest absolute Gasteiger partial charge is 0.290 e. The monoisotopic (exact) mass is 673 g/mol. The van der Waals surface area contributed by atoms with Crippen LogP contribution in [0.1, 0.15) is 42.0 Å². The minimum absolute atomic E-state index is 0.0552. The lowest BCUT2D eigenvalue weighted by atomic mass is 9.89. The molecule has 0 aliphatic carbocycles. The first-order valence-corrected chi connectivity index (χ1v) is 16.7. The Morgan fingerprint density at radius 2 is 1.00 bits per heavy atom. The number of hydrogen-bond donors (Lipinski definition) is 3. The molecule has 4 rings (SSSR count). The Morgan fingerprint density at radius 1 is 0.560 bits per heavy atom. The van der Waals surface area contributed by atoms with Crippen molar-refractivity contribution < 1.29 is 28.8 Å². The van der Waals surface area contributed by atoms with Crippen LogP contribution in [-0.2, 0) is 54.5 Å². The molecule has 3 amide bonds. The van der Waals surface area contributed by atoms with Crippen molar-refractivity contribution in [1.29, 1.82) is 0 Å². The SMILES string of the molecule is CC(NC(=O)C(CC(=O)Cc1ccccc1)Cc1ccccc1)C(=O)C(=O)NC(Cc1ccccc1)C(=O)CC(Cc1ccccc1)C(N)=O. The van der Waals surface area contributed by atoms with Gasteiger partial charge >= 0.3 is 0 Å². The van der Waals surface area contributed by atoms with Gasteiger partial charge in [-0.25, -0.2) is 0 Å². The maximum absolute atomic E-state index is 13.6. The summed E-state index contributed by atoms with van der Waals surface area (Å²) in [5.74, 6) is -5.37. The van der Waals surface area contributed by atoms with Crippen LogP contribution in [0, 0.1) is 11.8 Å². The number of hydrogen-bond acceptors (Lipinski definition) is 6. The molecule has 4 aromatic carbocycles. The molecule has 4 aromatic rings. The lowest BCUT2D eigenvalue weighted by molar-refractivity contribution is -0.141. The fourth-order valence-corrected chi connectivity index (χ4v) is 5.80. The van der Waals surface area contributed by atoms with Gasteiger partial charge in [-0.3, -0.25) is 28.8 Å². The van der Waals surface area contributed by atoms with Crippen LogP contribution < -0.4 is 16.4 Å². The highest BCUT2D eigenvalue weighted by Gasteiger charge is 2.32. The van der Waals surface area contributed by atoms with E-state index in [0.29, 0.717) is 0 Å². The molecule has 0 heterocycles. The van der Waals surface area contributed by atoms with Gasteiger partial charge in [-0.05, 0) is 48.4 Å². The van der Waals surface area contributed by atoms with Crippen LogP contribution >= 0.6 is 0 Å². The molecular weight excluding hydrogens is 630 g/mol. The molecule has 0 bridgehead atoms. The molecule has 0 saturated carbocycles. The average molecular weight is 674 g/mol. The maximum Gasteiger partial charge on any atom is 0.290 e. The first-order valence-electron chi connectivity index (χ1n) is 16.7. The minimum Gasteiger partial charge on any atom is -0.369 e. The molecule has 0 saturated heterocycles. The summed E-state index contributed by atoms with van der Waals surface area (Å²) in [7, 11) is 0. The summed E-state index contributed by atoms with van der Waals surface area (Å²) in [6, 6.07) is 34.2. The van der Waals surface area contributed by atoms with E-state index in [2.05, 4.69) is 10.6 Å². The van der Waals surface area contributed by atoms with Crippen LogP contribution in [0.5, 0.6) is 0 Å². The van der Waals surface area contributed by atoms with Crippen molar-refractivity contribution in [3.05, 3.63) is 144 Å². The molecule has 0 fully saturated rings. The van der Waals surface area contributed by atoms with Gasteiger partial charge in [0.25, 0.3) is 5.91 Å². The van der Waals surface area contributed by atoms with Crippen molar-refractivity contribution in [2.45, 2.75) is 57.5 Å². The van der Waals surface area contributed by atoms with Gasteiger partial charge in [0.2, 0.25) is 17.6 Å². The second kappa shape index (κ2) is 18.7. The molecule has 0 radical (unpaired) electrons. The lowest BCUT2D eigenvalue weighted by Gasteiger charge is -2.22. The molecule has 4 unspecified atom stereocenters. The van der Waals surface area contributed by atoms with Crippen molar-refractivity contribution in [3.63, 3.8) is 0 Å². The summed E-state index contributed by atoms with van der Waals surface area (Å²) in [4.78, 5) is 79.2. The maximum atomic E-state index is 13.6. The number of benzene rings is 4. The Morgan fingerprint density at radius 3 is 1.48 bits per heavy atom. The number of Topliss-reactive ketones (excluding diaryl/α,β-unsaturated/α-hetero) is 3. The van der Waals surface area contributed by atoms with Gasteiger partial charge in [-0.15, -0.1) is 0 Å². The zero-order valence-electron chi connectivity index (χ0n) is 28.1. The van der Waals surface area contributed by atoms with Crippen molar-refractivity contribution in [1.82, 2.24) is 10.6 Å². The minimum atomic E-state index is -1.24. The Labute approximate surface area is 292 Å². The highest BCUT2D eigenvalue weighted by atomic mass is 16.2. The van der Waals surface area contributed by atoms with Crippen molar-refractivity contribution in [3.8, 4) is 0 Å². The van der Waals surface area contributed by atoms with Crippen LogP contribution in [0.4, 0.5) is 0 Å². The number of rotatable bonds is 19. The number of nitrogens with one attached hydrogen (secondary N) is 2. The predicted molar refractivity (Wildman–Crippen MR) is 191 cm³/mol. The first-order chi connectivity index (χ1) is 24.1. The van der Waals surface area contributed by atoms with Gasteiger partial charge in [0.05, 0.1) is 12.1 Å². The van der Waals surface area contributed by atoms with E-state index in [1.165, 1.54) is 6.92 Å². The normalized spacial score (nSPS) is 13.2. The van der Waals surface area contributed by atoms with Gasteiger partial charge in [0, 0.05) is 31.1 Å². The fourth-order valence-electron chi connectivity index (χ4n) is 5.80. The van der Waals surface area contributed by atoms with Crippen molar-refractivity contribution >= 4 is 35.1 Å². The molecule has 9 heteroatoms. The molecule has 258 valence electrons. The zero-order chi connectivity index (χ0) is 35.9. The summed E-state index contributed by atoms with van der Waals surface area (Å²) in [5, 5.41) is 5.19. The lowest BCUT2D eigenvalue weighted by Crippen LogP contribution is -2.52. The second-order valence-corrected chi connectivity index (χ2v) is 12.6. The van der Waals surface area contributed by atoms with E-state index >= 15 is 0 Å². The van der Waals surface area contributed by atoms with Crippen LogP contribution in [0.3, 0.4) is 0 Å². The molecule has 0 aliphatic rings. The standard InChI is InChI=1S/C41H43N3O6/c1-28(43-40(49)34(23-30-16-8-3-9-17-30)26-35(45)24-31-18-10-4-11-19-31)38(47)41(50)44-36(25-32-20-12-5-13-21-32)37(46)27-33(39(42)48)22-29-14-6-2-7-15-29/h2-21,28,33-34,36H,22-27H2,1H3,(H2,42,48)(H,43,49)(H,44,50).